The Hall–Kier alpha value is -5.00. The highest BCUT2D eigenvalue weighted by Crippen LogP contribution is 2.31. The predicted molar refractivity (Wildman–Crippen MR) is 183 cm³/mol. The van der Waals surface area contributed by atoms with Gasteiger partial charge in [0.25, 0.3) is 5.91 Å². The fourth-order valence-corrected chi connectivity index (χ4v) is 5.71. The first-order valence-corrected chi connectivity index (χ1v) is 16.2. The molecule has 1 aromatic heterocycles. The molecule has 3 amide bonds. The molecule has 252 valence electrons. The van der Waals surface area contributed by atoms with Crippen LogP contribution in [0, 0.1) is 0 Å². The lowest BCUT2D eigenvalue weighted by atomic mass is 9.89. The molecule has 0 bridgehead atoms. The summed E-state index contributed by atoms with van der Waals surface area (Å²) in [5, 5.41) is 5.48. The average Bonchev–Trinajstić information content (AvgIpc) is 3.56. The number of hydrogen-bond acceptors (Lipinski definition) is 7. The maximum absolute atomic E-state index is 14.1. The maximum Gasteiger partial charge on any atom is 0.250 e. The molecule has 0 saturated carbocycles. The summed E-state index contributed by atoms with van der Waals surface area (Å²) in [6, 6.07) is 25.5. The number of hydrogen-bond donors (Lipinski definition) is 3. The lowest BCUT2D eigenvalue weighted by molar-refractivity contribution is -0.134. The molecule has 4 aromatic rings. The number of nitrogens with one attached hydrogen (secondary N) is 2. The van der Waals surface area contributed by atoms with Crippen molar-refractivity contribution in [3.05, 3.63) is 114 Å². The smallest absolute Gasteiger partial charge is 0.250 e. The monoisotopic (exact) mass is 652 g/mol. The molecular formula is C37H44N6O5. The number of aromatic nitrogens is 2. The molecule has 3 aromatic carbocycles. The van der Waals surface area contributed by atoms with E-state index in [1.807, 2.05) is 77.7 Å². The normalized spacial score (nSPS) is 15.0. The highest BCUT2D eigenvalue weighted by Gasteiger charge is 2.32. The molecule has 5 rings (SSSR count). The third-order valence-electron chi connectivity index (χ3n) is 8.50. The minimum absolute atomic E-state index is 0.0470. The molecule has 1 saturated heterocycles. The maximum atomic E-state index is 14.1. The van der Waals surface area contributed by atoms with Gasteiger partial charge in [0.2, 0.25) is 11.8 Å². The third-order valence-corrected chi connectivity index (χ3v) is 8.50. The Bertz CT molecular complexity index is 1650. The Balaban J connectivity index is 1.28. The van der Waals surface area contributed by atoms with Crippen molar-refractivity contribution < 1.29 is 23.9 Å². The summed E-state index contributed by atoms with van der Waals surface area (Å²) in [5.41, 5.74) is 7.77. The van der Waals surface area contributed by atoms with Crippen LogP contribution in [0.15, 0.2) is 97.5 Å². The molecule has 11 heteroatoms. The van der Waals surface area contributed by atoms with Gasteiger partial charge in [-0.3, -0.25) is 14.4 Å². The van der Waals surface area contributed by atoms with E-state index in [4.69, 9.17) is 15.2 Å². The Morgan fingerprint density at radius 1 is 0.958 bits per heavy atom. The number of carbonyl (C=O) groups excluding carboxylic acids is 3. The summed E-state index contributed by atoms with van der Waals surface area (Å²) in [7, 11) is 1.66. The Labute approximate surface area is 281 Å². The number of amides is 3. The summed E-state index contributed by atoms with van der Waals surface area (Å²) in [5.74, 6) is 0.357. The van der Waals surface area contributed by atoms with Gasteiger partial charge < -0.3 is 35.3 Å². The zero-order valence-electron chi connectivity index (χ0n) is 27.7. The van der Waals surface area contributed by atoms with Crippen LogP contribution in [-0.2, 0) is 25.7 Å². The number of ether oxygens (including phenoxy) is 2. The first-order chi connectivity index (χ1) is 23.1. The van der Waals surface area contributed by atoms with Crippen molar-refractivity contribution >= 4 is 23.5 Å². The molecular weight excluding hydrogens is 608 g/mol. The van der Waals surface area contributed by atoms with E-state index < -0.39 is 29.4 Å². The van der Waals surface area contributed by atoms with E-state index in [2.05, 4.69) is 27.8 Å². The Kier molecular flexibility index (Phi) is 11.3. The first-order valence-electron chi connectivity index (χ1n) is 16.2. The van der Waals surface area contributed by atoms with Crippen molar-refractivity contribution in [1.82, 2.24) is 19.8 Å². The van der Waals surface area contributed by atoms with Gasteiger partial charge in [0.1, 0.15) is 17.8 Å². The van der Waals surface area contributed by atoms with Gasteiger partial charge in [-0.2, -0.15) is 0 Å². The number of anilines is 1. The van der Waals surface area contributed by atoms with Crippen molar-refractivity contribution in [3.63, 3.8) is 0 Å². The van der Waals surface area contributed by atoms with Crippen LogP contribution in [0.1, 0.15) is 55.3 Å². The van der Waals surface area contributed by atoms with Crippen LogP contribution in [0.5, 0.6) is 5.75 Å². The molecule has 2 heterocycles. The van der Waals surface area contributed by atoms with Crippen LogP contribution in [0.25, 0.3) is 0 Å². The van der Waals surface area contributed by atoms with E-state index in [-0.39, 0.29) is 24.9 Å². The fourth-order valence-electron chi connectivity index (χ4n) is 5.71. The summed E-state index contributed by atoms with van der Waals surface area (Å²) in [6.07, 6.45) is 4.87. The molecule has 0 radical (unpaired) electrons. The van der Waals surface area contributed by atoms with Crippen molar-refractivity contribution in [2.24, 2.45) is 5.73 Å². The number of piperidine rings is 1. The fraction of sp³-hybridized carbons (Fsp3) is 0.351. The lowest BCUT2D eigenvalue weighted by Crippen LogP contribution is -2.56. The molecule has 0 spiro atoms. The third kappa shape index (κ3) is 8.87. The average molecular weight is 653 g/mol. The minimum Gasteiger partial charge on any atom is -0.497 e. The molecule has 2 atom stereocenters. The van der Waals surface area contributed by atoms with Gasteiger partial charge in [0, 0.05) is 19.3 Å². The summed E-state index contributed by atoms with van der Waals surface area (Å²) in [6.45, 7) is 4.55. The molecule has 1 aliphatic heterocycles. The van der Waals surface area contributed by atoms with E-state index in [0.717, 1.165) is 29.7 Å². The van der Waals surface area contributed by atoms with E-state index in [0.29, 0.717) is 19.0 Å². The van der Waals surface area contributed by atoms with Gasteiger partial charge in [-0.05, 0) is 61.4 Å². The first kappa shape index (κ1) is 34.3. The number of methoxy groups -OCH3 is 1. The summed E-state index contributed by atoms with van der Waals surface area (Å²) in [4.78, 5) is 46.6. The minimum atomic E-state index is -1.20. The van der Waals surface area contributed by atoms with Gasteiger partial charge in [-0.15, -0.1) is 0 Å². The summed E-state index contributed by atoms with van der Waals surface area (Å²) >= 11 is 0. The molecule has 1 fully saturated rings. The molecule has 4 N–H and O–H groups in total. The number of imidazole rings is 1. The number of rotatable bonds is 13. The highest BCUT2D eigenvalue weighted by atomic mass is 16.5. The molecule has 1 unspecified atom stereocenters. The number of nitrogens with zero attached hydrogens (tertiary/aromatic N) is 3. The van der Waals surface area contributed by atoms with Gasteiger partial charge in [-0.1, -0.05) is 72.8 Å². The number of benzene rings is 3. The SMILES string of the molecule is COc1ccc(C2CCN(C(=O)C(c3ccccc3)n3cnc(NC(=O)[C@@H](COCc4ccccc4)NC(=O)C(C)(C)N)c3)CC2)cc1. The molecule has 0 aliphatic carbocycles. The van der Waals surface area contributed by atoms with Crippen molar-refractivity contribution in [1.29, 1.82) is 0 Å². The van der Waals surface area contributed by atoms with E-state index >= 15 is 0 Å². The van der Waals surface area contributed by atoms with Crippen LogP contribution in [-0.4, -0.2) is 70.6 Å². The zero-order chi connectivity index (χ0) is 34.1. The van der Waals surface area contributed by atoms with Crippen molar-refractivity contribution in [2.45, 2.75) is 56.8 Å². The lowest BCUT2D eigenvalue weighted by Gasteiger charge is -2.35. The van der Waals surface area contributed by atoms with Crippen molar-refractivity contribution in [2.75, 3.05) is 32.1 Å². The quantitative estimate of drug-likeness (QED) is 0.196. The van der Waals surface area contributed by atoms with Gasteiger partial charge >= 0.3 is 0 Å². The second-order valence-corrected chi connectivity index (χ2v) is 12.6. The number of carbonyl (C=O) groups is 3. The second-order valence-electron chi connectivity index (χ2n) is 12.6. The summed E-state index contributed by atoms with van der Waals surface area (Å²) < 4.78 is 12.8. The van der Waals surface area contributed by atoms with E-state index in [1.54, 1.807) is 31.7 Å². The van der Waals surface area contributed by atoms with Crippen LogP contribution >= 0.6 is 0 Å². The van der Waals surface area contributed by atoms with Crippen LogP contribution in [0.2, 0.25) is 0 Å². The van der Waals surface area contributed by atoms with Crippen LogP contribution in [0.4, 0.5) is 5.82 Å². The van der Waals surface area contributed by atoms with Gasteiger partial charge in [-0.25, -0.2) is 4.98 Å². The molecule has 1 aliphatic rings. The van der Waals surface area contributed by atoms with Crippen molar-refractivity contribution in [3.8, 4) is 5.75 Å². The topological polar surface area (TPSA) is 141 Å². The standard InChI is InChI=1S/C37H44N6O5/c1-37(2,38)36(46)40-31(24-48-23-26-10-6-4-7-11-26)34(44)41-32-22-43(25-39-32)33(29-12-8-5-9-13-29)35(45)42-20-18-28(19-21-42)27-14-16-30(47-3)17-15-27/h4-17,22,25,28,31,33H,18-21,23-24,38H2,1-3H3,(H,40,46)(H,41,44)/t31-,33?/m1/s1. The van der Waals surface area contributed by atoms with Crippen LogP contribution < -0.4 is 21.1 Å². The molecule has 48 heavy (non-hydrogen) atoms. The highest BCUT2D eigenvalue weighted by molar-refractivity contribution is 5.98. The molecule has 11 nitrogen and oxygen atoms in total. The Morgan fingerprint density at radius 2 is 1.60 bits per heavy atom. The van der Waals surface area contributed by atoms with Crippen LogP contribution in [0.3, 0.4) is 0 Å². The predicted octanol–water partition coefficient (Wildman–Crippen LogP) is 4.26. The van der Waals surface area contributed by atoms with Gasteiger partial charge in [0.15, 0.2) is 5.82 Å². The number of likely N-dealkylation sites (tertiary alicyclic amines) is 1. The van der Waals surface area contributed by atoms with E-state index in [9.17, 15) is 14.4 Å². The van der Waals surface area contributed by atoms with Gasteiger partial charge in [0.05, 0.1) is 32.2 Å². The number of nitrogens with two attached hydrogens (primary N) is 1. The second kappa shape index (κ2) is 15.7. The Morgan fingerprint density at radius 3 is 2.23 bits per heavy atom. The van der Waals surface area contributed by atoms with E-state index in [1.165, 1.54) is 11.9 Å². The zero-order valence-corrected chi connectivity index (χ0v) is 27.7. The largest absolute Gasteiger partial charge is 0.497 e.